The third-order valence-electron chi connectivity index (χ3n) is 8.76. The van der Waals surface area contributed by atoms with Gasteiger partial charge in [0.25, 0.3) is 0 Å². The van der Waals surface area contributed by atoms with Gasteiger partial charge in [-0.25, -0.2) is 19.6 Å². The molecule has 1 aromatic heterocycles. The molecule has 228 valence electrons. The van der Waals surface area contributed by atoms with Crippen molar-refractivity contribution < 1.29 is 29.0 Å². The lowest BCUT2D eigenvalue weighted by Crippen LogP contribution is -2.57. The zero-order valence-corrected chi connectivity index (χ0v) is 25.5. The van der Waals surface area contributed by atoms with E-state index in [-0.39, 0.29) is 25.0 Å². The number of amides is 2. The van der Waals surface area contributed by atoms with Crippen molar-refractivity contribution in [3.8, 4) is 5.88 Å². The third kappa shape index (κ3) is 6.74. The van der Waals surface area contributed by atoms with Crippen molar-refractivity contribution in [2.75, 3.05) is 6.54 Å². The summed E-state index contributed by atoms with van der Waals surface area (Å²) in [7, 11) is 0. The third-order valence-corrected chi connectivity index (χ3v) is 8.99. The molecule has 1 saturated carbocycles. The smallest absolute Gasteiger partial charge is 0.408 e. The number of carbonyl (C=O) groups is 3. The van der Waals surface area contributed by atoms with Crippen molar-refractivity contribution in [1.82, 2.24) is 20.2 Å². The van der Waals surface area contributed by atoms with E-state index >= 15 is 0 Å². The molecule has 3 aliphatic rings. The highest BCUT2D eigenvalue weighted by Gasteiger charge is 2.46. The maximum absolute atomic E-state index is 13.9. The molecule has 5 rings (SSSR count). The predicted octanol–water partition coefficient (Wildman–Crippen LogP) is 5.39. The Kier molecular flexibility index (Phi) is 8.83. The topological polar surface area (TPSA) is 131 Å². The highest BCUT2D eigenvalue weighted by atomic mass is 35.5. The summed E-state index contributed by atoms with van der Waals surface area (Å²) in [6.45, 7) is 7.72. The molecule has 6 atom stereocenters. The number of halogens is 1. The molecule has 2 aliphatic heterocycles. The molecule has 2 fully saturated rings. The molecule has 2 bridgehead atoms. The summed E-state index contributed by atoms with van der Waals surface area (Å²) in [6, 6.07) is 3.23. The molecule has 1 saturated heterocycles. The molecule has 1 aliphatic carbocycles. The summed E-state index contributed by atoms with van der Waals surface area (Å²) in [6.07, 6.45) is 4.83. The largest absolute Gasteiger partial charge is 0.480 e. The van der Waals surface area contributed by atoms with Gasteiger partial charge in [0.15, 0.2) is 0 Å². The van der Waals surface area contributed by atoms with E-state index in [0.717, 1.165) is 38.5 Å². The van der Waals surface area contributed by atoms with Crippen LogP contribution in [0.1, 0.15) is 78.3 Å². The van der Waals surface area contributed by atoms with Gasteiger partial charge < -0.3 is 24.8 Å². The van der Waals surface area contributed by atoms with Crippen molar-refractivity contribution in [2.45, 2.75) is 103 Å². The van der Waals surface area contributed by atoms with Crippen molar-refractivity contribution >= 4 is 40.6 Å². The average molecular weight is 601 g/mol. The van der Waals surface area contributed by atoms with Crippen LogP contribution in [0.5, 0.6) is 5.88 Å². The number of hydrogen-bond acceptors (Lipinski definition) is 7. The number of carboxylic acid groups (broad SMARTS) is 1. The maximum Gasteiger partial charge on any atom is 0.408 e. The fourth-order valence-electron chi connectivity index (χ4n) is 6.60. The lowest BCUT2D eigenvalue weighted by molar-refractivity contribution is -0.150. The van der Waals surface area contributed by atoms with Crippen LogP contribution in [-0.2, 0) is 20.7 Å². The monoisotopic (exact) mass is 600 g/mol. The van der Waals surface area contributed by atoms with Crippen LogP contribution in [0.25, 0.3) is 11.0 Å². The molecule has 2 aromatic rings. The Labute approximate surface area is 251 Å². The molecule has 42 heavy (non-hydrogen) atoms. The number of aryl methyl sites for hydroxylation is 1. The van der Waals surface area contributed by atoms with Gasteiger partial charge in [-0.3, -0.25) is 4.79 Å². The summed E-state index contributed by atoms with van der Waals surface area (Å²) < 4.78 is 12.3. The van der Waals surface area contributed by atoms with Gasteiger partial charge in [-0.15, -0.1) is 0 Å². The maximum atomic E-state index is 13.9. The van der Waals surface area contributed by atoms with Crippen LogP contribution in [0.15, 0.2) is 18.2 Å². The first-order chi connectivity index (χ1) is 19.9. The molecular formula is C31H41ClN4O6. The highest BCUT2D eigenvalue weighted by molar-refractivity contribution is 6.31. The minimum atomic E-state index is -1.13. The van der Waals surface area contributed by atoms with Crippen LogP contribution < -0.4 is 10.1 Å². The average Bonchev–Trinajstić information content (AvgIpc) is 3.48. The highest BCUT2D eigenvalue weighted by Crippen LogP contribution is 2.37. The molecule has 0 radical (unpaired) electrons. The Morgan fingerprint density at radius 2 is 1.86 bits per heavy atom. The summed E-state index contributed by atoms with van der Waals surface area (Å²) >= 11 is 6.22. The molecule has 2 amide bonds. The fraction of sp³-hybridized carbons (Fsp3) is 0.645. The van der Waals surface area contributed by atoms with Crippen molar-refractivity contribution in [3.05, 3.63) is 28.9 Å². The molecule has 0 spiro atoms. The van der Waals surface area contributed by atoms with E-state index < -0.39 is 41.6 Å². The number of carboxylic acids is 1. The second-order valence-electron chi connectivity index (χ2n) is 13.3. The summed E-state index contributed by atoms with van der Waals surface area (Å²) in [5.74, 6) is -0.566. The van der Waals surface area contributed by atoms with Crippen LogP contribution in [0, 0.1) is 17.3 Å². The minimum absolute atomic E-state index is 0.0377. The molecule has 10 nitrogen and oxygen atoms in total. The first-order valence-electron chi connectivity index (χ1n) is 15.0. The van der Waals surface area contributed by atoms with E-state index in [4.69, 9.17) is 31.0 Å². The number of nitrogens with zero attached hydrogens (tertiary/aromatic N) is 3. The lowest BCUT2D eigenvalue weighted by atomic mass is 9.85. The zero-order chi connectivity index (χ0) is 30.2. The molecule has 11 heteroatoms. The summed E-state index contributed by atoms with van der Waals surface area (Å²) in [4.78, 5) is 50.3. The van der Waals surface area contributed by atoms with Crippen LogP contribution >= 0.6 is 11.6 Å². The van der Waals surface area contributed by atoms with Crippen LogP contribution in [0.2, 0.25) is 5.02 Å². The Hall–Kier alpha value is -3.14. The number of nitrogens with one attached hydrogen (secondary N) is 1. The SMILES string of the molecule is C[C@@H]1C[C@H]2CCCCCc3nc4ccc(Cl)cc4nc3O[C@@H]3C[C@@H](C(=O)O)N(C3)C(=O)[C@H](C(C)(C)C)NC(=O)O[C@@H]2C1. The number of fused-ring (bicyclic) bond motifs is 5. The van der Waals surface area contributed by atoms with Gasteiger partial charge in [0.1, 0.15) is 30.0 Å². The number of carbonyl (C=O) groups excluding carboxylic acids is 2. The molecule has 3 heterocycles. The van der Waals surface area contributed by atoms with Crippen LogP contribution in [-0.4, -0.2) is 68.8 Å². The van der Waals surface area contributed by atoms with Gasteiger partial charge in [0.2, 0.25) is 11.8 Å². The van der Waals surface area contributed by atoms with E-state index in [1.165, 1.54) is 4.90 Å². The first-order valence-corrected chi connectivity index (χ1v) is 15.4. The van der Waals surface area contributed by atoms with Gasteiger partial charge in [-0.2, -0.15) is 0 Å². The number of aliphatic carboxylic acids is 1. The predicted molar refractivity (Wildman–Crippen MR) is 157 cm³/mol. The second kappa shape index (κ2) is 12.2. The molecular weight excluding hydrogens is 560 g/mol. The Bertz CT molecular complexity index is 1350. The molecule has 1 aromatic carbocycles. The Balaban J connectivity index is 1.49. The van der Waals surface area contributed by atoms with E-state index in [2.05, 4.69) is 12.2 Å². The number of ether oxygens (including phenoxy) is 2. The van der Waals surface area contributed by atoms with Crippen LogP contribution in [0.3, 0.4) is 0 Å². The van der Waals surface area contributed by atoms with Gasteiger partial charge in [0, 0.05) is 11.4 Å². The summed E-state index contributed by atoms with van der Waals surface area (Å²) in [5, 5.41) is 13.4. The van der Waals surface area contributed by atoms with E-state index in [9.17, 15) is 19.5 Å². The van der Waals surface area contributed by atoms with Gasteiger partial charge in [-0.05, 0) is 67.6 Å². The van der Waals surface area contributed by atoms with Gasteiger partial charge >= 0.3 is 12.1 Å². The normalized spacial score (nSPS) is 29.5. The Morgan fingerprint density at radius 3 is 2.60 bits per heavy atom. The number of rotatable bonds is 1. The van der Waals surface area contributed by atoms with E-state index in [0.29, 0.717) is 40.0 Å². The molecule has 0 unspecified atom stereocenters. The first kappa shape index (κ1) is 30.3. The van der Waals surface area contributed by atoms with Crippen molar-refractivity contribution in [3.63, 3.8) is 0 Å². The number of aromatic nitrogens is 2. The fourth-order valence-corrected chi connectivity index (χ4v) is 6.77. The minimum Gasteiger partial charge on any atom is -0.480 e. The van der Waals surface area contributed by atoms with Gasteiger partial charge in [0.05, 0.1) is 17.6 Å². The summed E-state index contributed by atoms with van der Waals surface area (Å²) in [5.41, 5.74) is 1.30. The van der Waals surface area contributed by atoms with Crippen molar-refractivity contribution in [1.29, 1.82) is 0 Å². The van der Waals surface area contributed by atoms with Crippen molar-refractivity contribution in [2.24, 2.45) is 17.3 Å². The zero-order valence-electron chi connectivity index (χ0n) is 24.8. The lowest BCUT2D eigenvalue weighted by Gasteiger charge is -2.35. The van der Waals surface area contributed by atoms with Gasteiger partial charge in [-0.1, -0.05) is 52.1 Å². The van der Waals surface area contributed by atoms with E-state index in [1.807, 2.05) is 26.8 Å². The quantitative estimate of drug-likeness (QED) is 0.445. The number of hydrogen-bond donors (Lipinski definition) is 2. The number of benzene rings is 1. The second-order valence-corrected chi connectivity index (χ2v) is 13.7. The van der Waals surface area contributed by atoms with Crippen LogP contribution in [0.4, 0.5) is 4.79 Å². The standard InChI is InChI=1S/C31H41ClN4O6/c1-17-12-18-8-6-5-7-9-22-27(34-23-14-19(32)10-11-21(23)33-22)41-20-15-24(29(38)39)36(16-20)28(37)26(31(2,3)4)35-30(40)42-25(18)13-17/h10-11,14,17-18,20,24-26H,5-9,12-13,15-16H2,1-4H3,(H,35,40)(H,38,39)/t17-,18-,20-,24+,25-,26-/m1/s1. The molecule has 2 N–H and O–H groups in total. The number of alkyl carbamates (subject to hydrolysis) is 1. The van der Waals surface area contributed by atoms with E-state index in [1.54, 1.807) is 12.1 Å². The Morgan fingerprint density at radius 1 is 1.07 bits per heavy atom.